The summed E-state index contributed by atoms with van der Waals surface area (Å²) >= 11 is 0. The third-order valence-corrected chi connectivity index (χ3v) is 5.88. The number of hydrogen-bond acceptors (Lipinski definition) is 10. The molecule has 0 aliphatic carbocycles. The maximum absolute atomic E-state index is 12.4. The van der Waals surface area contributed by atoms with E-state index in [-0.39, 0.29) is 17.9 Å². The van der Waals surface area contributed by atoms with Crippen LogP contribution in [0.3, 0.4) is 0 Å². The quantitative estimate of drug-likeness (QED) is 0.361. The van der Waals surface area contributed by atoms with Gasteiger partial charge in [-0.15, -0.1) is 0 Å². The molecule has 11 nitrogen and oxygen atoms in total. The average molecular weight is 471 g/mol. The molecule has 0 saturated heterocycles. The first kappa shape index (κ1) is 23.7. The maximum Gasteiger partial charge on any atom is 0.351 e. The lowest BCUT2D eigenvalue weighted by atomic mass is 10.1. The van der Waals surface area contributed by atoms with Gasteiger partial charge in [0, 0.05) is 32.8 Å². The molecule has 0 amide bonds. The van der Waals surface area contributed by atoms with Crippen LogP contribution in [0.4, 0.5) is 5.69 Å². The van der Waals surface area contributed by atoms with Gasteiger partial charge in [-0.2, -0.15) is 5.26 Å². The third kappa shape index (κ3) is 5.11. The van der Waals surface area contributed by atoms with Crippen molar-refractivity contribution < 1.29 is 18.1 Å². The molecule has 2 aromatic carbocycles. The summed E-state index contributed by atoms with van der Waals surface area (Å²) in [6, 6.07) is 15.3. The molecule has 33 heavy (non-hydrogen) atoms. The Kier molecular flexibility index (Phi) is 6.66. The molecule has 2 N–H and O–H groups in total. The second-order valence-electron chi connectivity index (χ2n) is 7.50. The highest BCUT2D eigenvalue weighted by Gasteiger charge is 2.42. The van der Waals surface area contributed by atoms with Crippen molar-refractivity contribution >= 4 is 21.2 Å². The number of ether oxygens (including phenoxy) is 1. The Morgan fingerprint density at radius 1 is 1.27 bits per heavy atom. The van der Waals surface area contributed by atoms with Crippen molar-refractivity contribution in [2.75, 3.05) is 25.3 Å². The van der Waals surface area contributed by atoms with Crippen LogP contribution >= 0.6 is 0 Å². The zero-order valence-electron chi connectivity index (χ0n) is 18.2. The summed E-state index contributed by atoms with van der Waals surface area (Å²) in [4.78, 5) is 17.1. The van der Waals surface area contributed by atoms with Gasteiger partial charge in [0.15, 0.2) is 9.84 Å². The summed E-state index contributed by atoms with van der Waals surface area (Å²) in [7, 11) is -0.433. The Morgan fingerprint density at radius 2 is 1.94 bits per heavy atom. The molecule has 0 radical (unpaired) electrons. The van der Waals surface area contributed by atoms with Gasteiger partial charge in [0.25, 0.3) is 5.88 Å². The second-order valence-corrected chi connectivity index (χ2v) is 9.58. The van der Waals surface area contributed by atoms with Gasteiger partial charge in [0.1, 0.15) is 17.5 Å². The molecule has 0 aromatic heterocycles. The van der Waals surface area contributed by atoms with Crippen LogP contribution in [0.15, 0.2) is 65.1 Å². The number of nitrogens with two attached hydrogens (primary N) is 1. The number of nitro groups is 1. The standard InChI is InChI=1S/C21H22N6O5S/c1-25(2)18-12-16(10-9-15(18)13-22)32-20-19(27(28)29)17(11-14-7-5-4-6-8-14)24-21(26(20)23)33(3,30)31/h4-10,12,21H,11,23H2,1-3H3. The number of sulfone groups is 1. The van der Waals surface area contributed by atoms with E-state index in [1.54, 1.807) is 49.3 Å². The van der Waals surface area contributed by atoms with Crippen molar-refractivity contribution in [1.82, 2.24) is 5.01 Å². The van der Waals surface area contributed by atoms with Gasteiger partial charge < -0.3 is 9.64 Å². The number of nitrogens with zero attached hydrogens (tertiary/aromatic N) is 5. The Morgan fingerprint density at radius 3 is 2.48 bits per heavy atom. The van der Waals surface area contributed by atoms with E-state index in [0.29, 0.717) is 21.8 Å². The first-order chi connectivity index (χ1) is 15.5. The normalized spacial score (nSPS) is 16.2. The molecule has 1 aliphatic rings. The molecule has 1 atom stereocenters. The monoisotopic (exact) mass is 470 g/mol. The highest BCUT2D eigenvalue weighted by Crippen LogP contribution is 2.30. The minimum atomic E-state index is -3.88. The molecule has 3 rings (SSSR count). The van der Waals surface area contributed by atoms with Crippen LogP contribution in [-0.2, 0) is 16.3 Å². The molecule has 12 heteroatoms. The summed E-state index contributed by atoms with van der Waals surface area (Å²) < 4.78 is 30.5. The van der Waals surface area contributed by atoms with Gasteiger partial charge >= 0.3 is 5.70 Å². The van der Waals surface area contributed by atoms with Crippen LogP contribution in [0.1, 0.15) is 11.1 Å². The minimum Gasteiger partial charge on any atom is -0.434 e. The molecule has 172 valence electrons. The van der Waals surface area contributed by atoms with Gasteiger partial charge in [-0.1, -0.05) is 30.3 Å². The molecule has 1 aliphatic heterocycles. The van der Waals surface area contributed by atoms with Gasteiger partial charge in [-0.3, -0.25) is 10.1 Å². The lowest BCUT2D eigenvalue weighted by Gasteiger charge is -2.30. The molecule has 0 spiro atoms. The second kappa shape index (κ2) is 9.27. The largest absolute Gasteiger partial charge is 0.434 e. The minimum absolute atomic E-state index is 0.000190. The highest BCUT2D eigenvalue weighted by atomic mass is 32.2. The molecule has 0 bridgehead atoms. The van der Waals surface area contributed by atoms with Crippen molar-refractivity contribution in [3.05, 3.63) is 81.4 Å². The van der Waals surface area contributed by atoms with Crippen molar-refractivity contribution in [2.45, 2.75) is 11.9 Å². The van der Waals surface area contributed by atoms with Crippen LogP contribution in [0.5, 0.6) is 5.75 Å². The molecule has 0 saturated carbocycles. The van der Waals surface area contributed by atoms with Gasteiger partial charge in [0.05, 0.1) is 16.2 Å². The third-order valence-electron chi connectivity index (χ3n) is 4.78. The van der Waals surface area contributed by atoms with E-state index in [0.717, 1.165) is 6.26 Å². The SMILES string of the molecule is CN(C)c1cc(OC2=C([N+](=O)[O-])C(Cc3ccccc3)=NC(S(C)(=O)=O)N2N)ccc1C#N. The molecule has 2 aromatic rings. The number of allylic oxidation sites excluding steroid dienone is 1. The zero-order chi connectivity index (χ0) is 24.3. The van der Waals surface area contributed by atoms with Crippen LogP contribution in [0.25, 0.3) is 0 Å². The summed E-state index contributed by atoms with van der Waals surface area (Å²) in [5.41, 5.74) is -0.667. The predicted molar refractivity (Wildman–Crippen MR) is 122 cm³/mol. The molecule has 1 heterocycles. The van der Waals surface area contributed by atoms with E-state index in [1.165, 1.54) is 18.2 Å². The Labute approximate surface area is 191 Å². The number of rotatable bonds is 7. The zero-order valence-corrected chi connectivity index (χ0v) is 19.0. The summed E-state index contributed by atoms with van der Waals surface area (Å²) in [5.74, 6) is 5.66. The lowest BCUT2D eigenvalue weighted by Crippen LogP contribution is -2.50. The fourth-order valence-corrected chi connectivity index (χ4v) is 4.09. The number of hydrogen-bond donors (Lipinski definition) is 1. The topological polar surface area (TPSA) is 155 Å². The fourth-order valence-electron chi connectivity index (χ4n) is 3.26. The van der Waals surface area contributed by atoms with E-state index in [1.807, 2.05) is 0 Å². The van der Waals surface area contributed by atoms with Crippen molar-refractivity contribution in [1.29, 1.82) is 5.26 Å². The van der Waals surface area contributed by atoms with Crippen LogP contribution < -0.4 is 15.5 Å². The van der Waals surface area contributed by atoms with E-state index in [2.05, 4.69) is 11.1 Å². The van der Waals surface area contributed by atoms with Crippen LogP contribution in [-0.4, -0.2) is 49.9 Å². The first-order valence-corrected chi connectivity index (χ1v) is 11.6. The van der Waals surface area contributed by atoms with Crippen molar-refractivity contribution in [3.8, 4) is 11.8 Å². The van der Waals surface area contributed by atoms with Crippen molar-refractivity contribution in [3.63, 3.8) is 0 Å². The average Bonchev–Trinajstić information content (AvgIpc) is 2.75. The smallest absolute Gasteiger partial charge is 0.351 e. The molecule has 0 fully saturated rings. The van der Waals surface area contributed by atoms with Crippen LogP contribution in [0.2, 0.25) is 0 Å². The number of hydrazine groups is 1. The number of anilines is 1. The van der Waals surface area contributed by atoms with Gasteiger partial charge in [-0.05, 0) is 17.7 Å². The van der Waals surface area contributed by atoms with E-state index < -0.39 is 31.8 Å². The molecular weight excluding hydrogens is 448 g/mol. The number of aliphatic imine (C=N–C) groups is 1. The summed E-state index contributed by atoms with van der Waals surface area (Å²) in [6.45, 7) is 0. The Hall–Kier alpha value is -3.95. The number of benzene rings is 2. The van der Waals surface area contributed by atoms with E-state index in [4.69, 9.17) is 10.6 Å². The summed E-state index contributed by atoms with van der Waals surface area (Å²) in [5, 5.41) is 22.0. The van der Waals surface area contributed by atoms with Gasteiger partial charge in [-0.25, -0.2) is 24.3 Å². The molecular formula is C21H22N6O5S. The van der Waals surface area contributed by atoms with E-state index >= 15 is 0 Å². The van der Waals surface area contributed by atoms with E-state index in [9.17, 15) is 23.8 Å². The van der Waals surface area contributed by atoms with Crippen LogP contribution in [0, 0.1) is 21.4 Å². The lowest BCUT2D eigenvalue weighted by molar-refractivity contribution is -0.419. The fraction of sp³-hybridized carbons (Fsp3) is 0.238. The highest BCUT2D eigenvalue weighted by molar-refractivity contribution is 7.91. The Balaban J connectivity index is 2.15. The maximum atomic E-state index is 12.4. The van der Waals surface area contributed by atoms with Crippen molar-refractivity contribution in [2.24, 2.45) is 10.8 Å². The summed E-state index contributed by atoms with van der Waals surface area (Å²) in [6.07, 6.45) is 0.933. The first-order valence-electron chi connectivity index (χ1n) is 9.64. The molecule has 1 unspecified atom stereocenters. The Bertz CT molecular complexity index is 1280. The predicted octanol–water partition coefficient (Wildman–Crippen LogP) is 1.65. The number of nitriles is 1. The van der Waals surface area contributed by atoms with Gasteiger partial charge in [0.2, 0.25) is 5.50 Å².